The van der Waals surface area contributed by atoms with Crippen molar-refractivity contribution < 1.29 is 19.1 Å². The van der Waals surface area contributed by atoms with Crippen LogP contribution in [0.15, 0.2) is 24.7 Å². The molecule has 1 aliphatic heterocycles. The van der Waals surface area contributed by atoms with Gasteiger partial charge in [0.15, 0.2) is 5.65 Å². The van der Waals surface area contributed by atoms with Gasteiger partial charge in [0.1, 0.15) is 17.5 Å². The summed E-state index contributed by atoms with van der Waals surface area (Å²) >= 11 is 0. The molecule has 8 nitrogen and oxygen atoms in total. The van der Waals surface area contributed by atoms with Gasteiger partial charge in [0.05, 0.1) is 6.61 Å². The number of hydrogen-bond acceptors (Lipinski definition) is 6. The van der Waals surface area contributed by atoms with Crippen molar-refractivity contribution in [2.45, 2.75) is 39.7 Å². The molecule has 1 aliphatic rings. The Morgan fingerprint density at radius 3 is 2.70 bits per heavy atom. The number of pyridine rings is 1. The minimum absolute atomic E-state index is 0.289. The third kappa shape index (κ3) is 4.27. The Balaban J connectivity index is 1.84. The maximum atomic E-state index is 12.3. The number of ether oxygens (including phenoxy) is 2. The summed E-state index contributed by atoms with van der Waals surface area (Å²) in [5, 5.41) is 4.15. The van der Waals surface area contributed by atoms with Gasteiger partial charge in [-0.05, 0) is 51.3 Å². The predicted molar refractivity (Wildman–Crippen MR) is 99.3 cm³/mol. The summed E-state index contributed by atoms with van der Waals surface area (Å²) in [5.74, 6) is -0.427. The largest absolute Gasteiger partial charge is 0.462 e. The summed E-state index contributed by atoms with van der Waals surface area (Å²) < 4.78 is 12.1. The molecule has 27 heavy (non-hydrogen) atoms. The molecule has 3 heterocycles. The van der Waals surface area contributed by atoms with E-state index >= 15 is 0 Å². The average molecular weight is 372 g/mol. The molecule has 0 atom stereocenters. The first kappa shape index (κ1) is 18.9. The van der Waals surface area contributed by atoms with Crippen molar-refractivity contribution in [1.82, 2.24) is 19.5 Å². The molecule has 0 radical (unpaired) electrons. The Hall–Kier alpha value is -2.90. The standard InChI is InChI=1S/C19H24N4O4/c1-5-26-17(24)15-10-14(11-23-16(15)20-12-21-23)13-6-8-22(9-7-13)18(25)27-19(2,3)4/h6,10-12H,5,7-9H2,1-4H3. The van der Waals surface area contributed by atoms with E-state index in [1.54, 1.807) is 22.4 Å². The number of hydrogen-bond donors (Lipinski definition) is 0. The van der Waals surface area contributed by atoms with Crippen LogP contribution < -0.4 is 0 Å². The van der Waals surface area contributed by atoms with Crippen LogP contribution in [-0.2, 0) is 9.47 Å². The van der Waals surface area contributed by atoms with E-state index in [0.29, 0.717) is 30.7 Å². The highest BCUT2D eigenvalue weighted by Crippen LogP contribution is 2.25. The first-order valence-electron chi connectivity index (χ1n) is 8.96. The molecule has 2 aromatic heterocycles. The number of rotatable bonds is 3. The van der Waals surface area contributed by atoms with Crippen LogP contribution in [0.4, 0.5) is 4.79 Å². The van der Waals surface area contributed by atoms with Crippen LogP contribution in [0.3, 0.4) is 0 Å². The predicted octanol–water partition coefficient (Wildman–Crippen LogP) is 2.93. The number of carbonyl (C=O) groups is 2. The summed E-state index contributed by atoms with van der Waals surface area (Å²) in [6.45, 7) is 8.59. The SMILES string of the molecule is CCOC(=O)c1cc(C2=CCN(C(=O)OC(C)(C)C)CC2)cn2ncnc12. The highest BCUT2D eigenvalue weighted by molar-refractivity contribution is 5.96. The molecule has 0 N–H and O–H groups in total. The van der Waals surface area contributed by atoms with Crippen molar-refractivity contribution in [3.63, 3.8) is 0 Å². The van der Waals surface area contributed by atoms with Gasteiger partial charge >= 0.3 is 12.1 Å². The third-order valence-corrected chi connectivity index (χ3v) is 4.10. The molecule has 144 valence electrons. The third-order valence-electron chi connectivity index (χ3n) is 4.10. The van der Waals surface area contributed by atoms with Crippen LogP contribution in [0.1, 0.15) is 50.0 Å². The first-order valence-corrected chi connectivity index (χ1v) is 8.96. The lowest BCUT2D eigenvalue weighted by Gasteiger charge is -2.29. The lowest BCUT2D eigenvalue weighted by molar-refractivity contribution is 0.0270. The first-order chi connectivity index (χ1) is 12.8. The Morgan fingerprint density at radius 2 is 2.07 bits per heavy atom. The van der Waals surface area contributed by atoms with E-state index in [0.717, 1.165) is 11.1 Å². The van der Waals surface area contributed by atoms with Gasteiger partial charge in [0.25, 0.3) is 0 Å². The van der Waals surface area contributed by atoms with Gasteiger partial charge in [-0.1, -0.05) is 6.08 Å². The summed E-state index contributed by atoms with van der Waals surface area (Å²) in [6, 6.07) is 1.77. The van der Waals surface area contributed by atoms with Gasteiger partial charge in [0, 0.05) is 19.3 Å². The van der Waals surface area contributed by atoms with Crippen molar-refractivity contribution in [3.8, 4) is 0 Å². The normalized spacial score (nSPS) is 14.8. The Kier molecular flexibility index (Phi) is 5.16. The van der Waals surface area contributed by atoms with Crippen LogP contribution in [0.25, 0.3) is 11.2 Å². The van der Waals surface area contributed by atoms with Crippen molar-refractivity contribution in [3.05, 3.63) is 35.8 Å². The molecular formula is C19H24N4O4. The second kappa shape index (κ2) is 7.38. The van der Waals surface area contributed by atoms with E-state index in [-0.39, 0.29) is 12.7 Å². The second-order valence-electron chi connectivity index (χ2n) is 7.30. The fourth-order valence-corrected chi connectivity index (χ4v) is 2.88. The zero-order valence-electron chi connectivity index (χ0n) is 16.1. The zero-order valence-corrected chi connectivity index (χ0v) is 16.1. The van der Waals surface area contributed by atoms with Gasteiger partial charge in [-0.15, -0.1) is 0 Å². The van der Waals surface area contributed by atoms with Crippen LogP contribution in [-0.4, -0.2) is 56.9 Å². The molecule has 0 spiro atoms. The minimum atomic E-state index is -0.520. The maximum Gasteiger partial charge on any atom is 0.410 e. The van der Waals surface area contributed by atoms with Gasteiger partial charge in [-0.2, -0.15) is 5.10 Å². The molecule has 0 fully saturated rings. The second-order valence-corrected chi connectivity index (χ2v) is 7.30. The van der Waals surface area contributed by atoms with Crippen LogP contribution in [0.5, 0.6) is 0 Å². The molecule has 0 saturated heterocycles. The molecule has 8 heteroatoms. The van der Waals surface area contributed by atoms with Crippen LogP contribution in [0, 0.1) is 0 Å². The fraction of sp³-hybridized carbons (Fsp3) is 0.474. The van der Waals surface area contributed by atoms with Gasteiger partial charge in [-0.25, -0.2) is 19.1 Å². The highest BCUT2D eigenvalue weighted by atomic mass is 16.6. The van der Waals surface area contributed by atoms with E-state index in [2.05, 4.69) is 10.1 Å². The average Bonchev–Trinajstić information content (AvgIpc) is 3.08. The zero-order chi connectivity index (χ0) is 19.6. The van der Waals surface area contributed by atoms with E-state index in [1.807, 2.05) is 33.0 Å². The lowest BCUT2D eigenvalue weighted by Crippen LogP contribution is -2.39. The molecule has 2 aromatic rings. The molecule has 0 aliphatic carbocycles. The Labute approximate surface area is 157 Å². The molecule has 0 unspecified atom stereocenters. The molecule has 0 saturated carbocycles. The van der Waals surface area contributed by atoms with Crippen LogP contribution >= 0.6 is 0 Å². The number of aromatic nitrogens is 3. The summed E-state index contributed by atoms with van der Waals surface area (Å²) in [6.07, 6.45) is 5.54. The van der Waals surface area contributed by atoms with Crippen molar-refractivity contribution in [2.24, 2.45) is 0 Å². The topological polar surface area (TPSA) is 86.0 Å². The number of amides is 1. The minimum Gasteiger partial charge on any atom is -0.462 e. The lowest BCUT2D eigenvalue weighted by atomic mass is 10.00. The Morgan fingerprint density at radius 1 is 1.30 bits per heavy atom. The smallest absolute Gasteiger partial charge is 0.410 e. The van der Waals surface area contributed by atoms with Crippen LogP contribution in [0.2, 0.25) is 0 Å². The molecule has 0 bridgehead atoms. The van der Waals surface area contributed by atoms with Gasteiger partial charge in [-0.3, -0.25) is 0 Å². The van der Waals surface area contributed by atoms with Gasteiger partial charge < -0.3 is 14.4 Å². The van der Waals surface area contributed by atoms with E-state index in [4.69, 9.17) is 9.47 Å². The Bertz CT molecular complexity index is 895. The van der Waals surface area contributed by atoms with E-state index < -0.39 is 11.6 Å². The molecule has 3 rings (SSSR count). The van der Waals surface area contributed by atoms with E-state index in [1.165, 1.54) is 6.33 Å². The summed E-state index contributed by atoms with van der Waals surface area (Å²) in [7, 11) is 0. The maximum absolute atomic E-state index is 12.3. The van der Waals surface area contributed by atoms with Crippen molar-refractivity contribution in [2.75, 3.05) is 19.7 Å². The monoisotopic (exact) mass is 372 g/mol. The summed E-state index contributed by atoms with van der Waals surface area (Å²) in [4.78, 5) is 30.3. The van der Waals surface area contributed by atoms with Crippen molar-refractivity contribution >= 4 is 23.3 Å². The van der Waals surface area contributed by atoms with Gasteiger partial charge in [0.2, 0.25) is 0 Å². The highest BCUT2D eigenvalue weighted by Gasteiger charge is 2.24. The number of carbonyl (C=O) groups excluding carboxylic acids is 2. The number of nitrogens with zero attached hydrogens (tertiary/aromatic N) is 4. The quantitative estimate of drug-likeness (QED) is 0.770. The van der Waals surface area contributed by atoms with E-state index in [9.17, 15) is 9.59 Å². The molecule has 1 amide bonds. The van der Waals surface area contributed by atoms with Crippen molar-refractivity contribution in [1.29, 1.82) is 0 Å². The number of fused-ring (bicyclic) bond motifs is 1. The number of esters is 1. The molecular weight excluding hydrogens is 348 g/mol. The molecule has 0 aromatic carbocycles. The summed E-state index contributed by atoms with van der Waals surface area (Å²) in [5.41, 5.74) is 2.22. The fourth-order valence-electron chi connectivity index (χ4n) is 2.88.